The Morgan fingerprint density at radius 1 is 1.00 bits per heavy atom. The molecule has 4 aromatic rings. The molecule has 0 saturated carbocycles. The van der Waals surface area contributed by atoms with E-state index in [1.165, 1.54) is 11.3 Å². The van der Waals surface area contributed by atoms with E-state index in [1.54, 1.807) is 49.6 Å². The van der Waals surface area contributed by atoms with Crippen molar-refractivity contribution in [1.82, 2.24) is 5.16 Å². The van der Waals surface area contributed by atoms with E-state index in [2.05, 4.69) is 9.88 Å². The van der Waals surface area contributed by atoms with Crippen LogP contribution in [-0.2, 0) is 16.4 Å². The fraction of sp³-hybridized carbons (Fsp3) is 0.167. The summed E-state index contributed by atoms with van der Waals surface area (Å²) in [7, 11) is -3.87. The van der Waals surface area contributed by atoms with Crippen LogP contribution in [0.4, 0.5) is 5.88 Å². The normalized spacial score (nSPS) is 11.5. The van der Waals surface area contributed by atoms with Crippen molar-refractivity contribution in [3.63, 3.8) is 0 Å². The first-order valence-corrected chi connectivity index (χ1v) is 12.3. The second-order valence-corrected chi connectivity index (χ2v) is 10.2. The average Bonchev–Trinajstić information content (AvgIpc) is 3.39. The van der Waals surface area contributed by atoms with Crippen molar-refractivity contribution in [1.29, 1.82) is 0 Å². The van der Waals surface area contributed by atoms with Gasteiger partial charge in [-0.05, 0) is 43.3 Å². The Kier molecular flexibility index (Phi) is 5.99. The van der Waals surface area contributed by atoms with Gasteiger partial charge >= 0.3 is 0 Å². The maximum absolute atomic E-state index is 13.0. The van der Waals surface area contributed by atoms with E-state index in [-0.39, 0.29) is 16.6 Å². The quantitative estimate of drug-likeness (QED) is 0.361. The van der Waals surface area contributed by atoms with Crippen molar-refractivity contribution >= 4 is 33.0 Å². The lowest BCUT2D eigenvalue weighted by atomic mass is 10.0. The number of carbonyl (C=O) groups is 1. The molecule has 0 aliphatic rings. The number of carbonyl (C=O) groups excluding carboxylic acids is 1. The number of aromatic nitrogens is 1. The Morgan fingerprint density at radius 2 is 1.69 bits per heavy atom. The fourth-order valence-corrected chi connectivity index (χ4v) is 5.72. The van der Waals surface area contributed by atoms with E-state index in [9.17, 15) is 13.2 Å². The van der Waals surface area contributed by atoms with Crippen molar-refractivity contribution in [3.05, 3.63) is 87.9 Å². The molecule has 2 aromatic heterocycles. The maximum atomic E-state index is 13.0. The van der Waals surface area contributed by atoms with Gasteiger partial charge in [0.2, 0.25) is 5.88 Å². The van der Waals surface area contributed by atoms with Gasteiger partial charge in [-0.1, -0.05) is 59.3 Å². The molecular formula is C24H22N2O4S2. The molecule has 6 nitrogen and oxygen atoms in total. The second kappa shape index (κ2) is 8.72. The number of nitrogens with one attached hydrogen (secondary N) is 1. The van der Waals surface area contributed by atoms with Crippen LogP contribution >= 0.6 is 11.3 Å². The predicted octanol–water partition coefficient (Wildman–Crippen LogP) is 5.55. The lowest BCUT2D eigenvalue weighted by Crippen LogP contribution is -2.13. The zero-order valence-electron chi connectivity index (χ0n) is 17.9. The fourth-order valence-electron chi connectivity index (χ4n) is 3.21. The Hall–Kier alpha value is -3.23. The molecule has 0 amide bonds. The van der Waals surface area contributed by atoms with Gasteiger partial charge in [-0.15, -0.1) is 11.3 Å². The minimum absolute atomic E-state index is 0.0114. The van der Waals surface area contributed by atoms with Crippen LogP contribution in [0.1, 0.15) is 32.7 Å². The van der Waals surface area contributed by atoms with Crippen molar-refractivity contribution in [2.45, 2.75) is 32.1 Å². The van der Waals surface area contributed by atoms with Gasteiger partial charge in [0, 0.05) is 17.5 Å². The molecule has 8 heteroatoms. The minimum atomic E-state index is -3.87. The number of rotatable bonds is 7. The van der Waals surface area contributed by atoms with Crippen molar-refractivity contribution in [3.8, 4) is 10.4 Å². The van der Waals surface area contributed by atoms with Crippen molar-refractivity contribution < 1.29 is 17.7 Å². The lowest BCUT2D eigenvalue weighted by Gasteiger charge is -2.08. The summed E-state index contributed by atoms with van der Waals surface area (Å²) in [5.41, 5.74) is 4.68. The summed E-state index contributed by atoms with van der Waals surface area (Å²) in [5.74, 6) is 0.119. The molecule has 2 heterocycles. The third kappa shape index (κ3) is 4.51. The molecule has 0 saturated heterocycles. The Balaban J connectivity index is 1.55. The molecule has 0 fully saturated rings. The highest BCUT2D eigenvalue weighted by Crippen LogP contribution is 2.34. The van der Waals surface area contributed by atoms with Gasteiger partial charge in [0.1, 0.15) is 4.90 Å². The number of nitrogens with zero attached hydrogens (tertiary/aromatic N) is 1. The monoisotopic (exact) mass is 466 g/mol. The molecule has 32 heavy (non-hydrogen) atoms. The maximum Gasteiger partial charge on any atom is 0.265 e. The molecule has 0 atom stereocenters. The molecule has 0 spiro atoms. The van der Waals surface area contributed by atoms with E-state index in [1.807, 2.05) is 31.2 Å². The molecule has 0 aliphatic heterocycles. The smallest absolute Gasteiger partial charge is 0.265 e. The van der Waals surface area contributed by atoms with Gasteiger partial charge in [-0.25, -0.2) is 13.1 Å². The van der Waals surface area contributed by atoms with Crippen molar-refractivity contribution in [2.75, 3.05) is 4.72 Å². The summed E-state index contributed by atoms with van der Waals surface area (Å²) in [6.07, 6.45) is 0.318. The van der Waals surface area contributed by atoms with E-state index < -0.39 is 10.0 Å². The van der Waals surface area contributed by atoms with Crippen LogP contribution in [0.25, 0.3) is 10.4 Å². The summed E-state index contributed by atoms with van der Waals surface area (Å²) >= 11 is 1.32. The highest BCUT2D eigenvalue weighted by atomic mass is 32.2. The number of aryl methyl sites for hydroxylation is 2. The number of ketones is 1. The zero-order valence-corrected chi connectivity index (χ0v) is 19.5. The number of sulfonamides is 1. The molecule has 0 aliphatic carbocycles. The molecule has 0 radical (unpaired) electrons. The molecular weight excluding hydrogens is 444 g/mol. The highest BCUT2D eigenvalue weighted by Gasteiger charge is 2.24. The summed E-state index contributed by atoms with van der Waals surface area (Å²) in [6, 6.07) is 16.5. The van der Waals surface area contributed by atoms with Crippen LogP contribution in [0.3, 0.4) is 0 Å². The second-order valence-electron chi connectivity index (χ2n) is 7.60. The van der Waals surface area contributed by atoms with E-state index >= 15 is 0 Å². The van der Waals surface area contributed by atoms with E-state index in [4.69, 9.17) is 4.52 Å². The summed E-state index contributed by atoms with van der Waals surface area (Å²) in [4.78, 5) is 13.4. The predicted molar refractivity (Wildman–Crippen MR) is 126 cm³/mol. The largest absolute Gasteiger partial charge is 0.337 e. The van der Waals surface area contributed by atoms with E-state index in [0.717, 1.165) is 16.7 Å². The highest BCUT2D eigenvalue weighted by molar-refractivity contribution is 7.93. The average molecular weight is 467 g/mol. The Labute approximate surface area is 191 Å². The summed E-state index contributed by atoms with van der Waals surface area (Å²) < 4.78 is 33.5. The summed E-state index contributed by atoms with van der Waals surface area (Å²) in [5, 5.41) is 5.51. The SMILES string of the molecule is Cc1ccc(CC(=O)c2ccc(-c3sccc3S(=O)(=O)Nc3onc(C)c3C)cc2)cc1. The first-order chi connectivity index (χ1) is 15.2. The van der Waals surface area contributed by atoms with Crippen LogP contribution in [0, 0.1) is 20.8 Å². The number of anilines is 1. The number of hydrogen-bond acceptors (Lipinski definition) is 6. The van der Waals surface area contributed by atoms with Gasteiger partial charge in [0.05, 0.1) is 10.6 Å². The molecule has 2 aromatic carbocycles. The third-order valence-electron chi connectivity index (χ3n) is 5.26. The first-order valence-electron chi connectivity index (χ1n) is 9.97. The zero-order chi connectivity index (χ0) is 22.9. The first kappa shape index (κ1) is 22.0. The van der Waals surface area contributed by atoms with Gasteiger partial charge in [0.15, 0.2) is 5.78 Å². The van der Waals surface area contributed by atoms with Gasteiger partial charge in [0.25, 0.3) is 10.0 Å². The number of hydrogen-bond donors (Lipinski definition) is 1. The standard InChI is InChI=1S/C24H22N2O4S2/c1-15-4-6-18(7-5-15)14-21(27)19-8-10-20(11-9-19)23-22(12-13-31-23)32(28,29)26-24-16(2)17(3)25-30-24/h4-13,26H,14H2,1-3H3. The number of Topliss-reactive ketones (excluding diaryl/α,β-unsaturated/α-hetero) is 1. The van der Waals surface area contributed by atoms with Gasteiger partial charge in [-0.2, -0.15) is 0 Å². The Morgan fingerprint density at radius 3 is 2.31 bits per heavy atom. The number of thiophene rings is 1. The van der Waals surface area contributed by atoms with Crippen LogP contribution < -0.4 is 4.72 Å². The topological polar surface area (TPSA) is 89.3 Å². The van der Waals surface area contributed by atoms with Gasteiger partial charge < -0.3 is 4.52 Å². The van der Waals surface area contributed by atoms with Crippen LogP contribution in [0.15, 0.2) is 69.4 Å². The van der Waals surface area contributed by atoms with Gasteiger partial charge in [-0.3, -0.25) is 4.79 Å². The molecule has 4 rings (SSSR count). The molecule has 0 unspecified atom stereocenters. The number of benzene rings is 2. The van der Waals surface area contributed by atoms with Crippen molar-refractivity contribution in [2.24, 2.45) is 0 Å². The summed E-state index contributed by atoms with van der Waals surface area (Å²) in [6.45, 7) is 5.49. The van der Waals surface area contributed by atoms with E-state index in [0.29, 0.717) is 28.1 Å². The lowest BCUT2D eigenvalue weighted by molar-refractivity contribution is 0.0993. The third-order valence-corrected chi connectivity index (χ3v) is 7.72. The van der Waals surface area contributed by atoms with Crippen LogP contribution in [0.2, 0.25) is 0 Å². The molecule has 164 valence electrons. The van der Waals surface area contributed by atoms with Crippen LogP contribution in [-0.4, -0.2) is 19.4 Å². The molecule has 1 N–H and O–H groups in total. The molecule has 0 bridgehead atoms. The Bertz CT molecular complexity index is 1370. The minimum Gasteiger partial charge on any atom is -0.337 e. The van der Waals surface area contributed by atoms with Crippen LogP contribution in [0.5, 0.6) is 0 Å².